The first-order valence-electron chi connectivity index (χ1n) is 16.6. The Morgan fingerprint density at radius 1 is 0.627 bits per heavy atom. The van der Waals surface area contributed by atoms with E-state index in [0.717, 1.165) is 0 Å². The maximum absolute atomic E-state index is 12.5. The van der Waals surface area contributed by atoms with Crippen LogP contribution >= 0.6 is 69.6 Å². The molecule has 0 spiro atoms. The average Bonchev–Trinajstić information content (AvgIpc) is 3.19. The summed E-state index contributed by atoms with van der Waals surface area (Å²) in [6.45, 7) is 20.2. The highest BCUT2D eigenvalue weighted by molar-refractivity contribution is 6.42. The first kappa shape index (κ1) is 50.1. The van der Waals surface area contributed by atoms with Crippen LogP contribution in [-0.2, 0) is 9.59 Å². The van der Waals surface area contributed by atoms with E-state index in [1.165, 1.54) is 62.4 Å². The Bertz CT molecular complexity index is 2280. The third-order valence-corrected chi connectivity index (χ3v) is 10.3. The Morgan fingerprint density at radius 2 is 1.03 bits per heavy atom. The van der Waals surface area contributed by atoms with E-state index < -0.39 is 48.0 Å². The normalized spacial score (nSPS) is 12.2. The highest BCUT2D eigenvalue weighted by Crippen LogP contribution is 2.35. The minimum Gasteiger partial charge on any atom is -0.480 e. The average molecular weight is 929 g/mol. The number of nitrogens with zero attached hydrogens (tertiary/aromatic N) is 2. The van der Waals surface area contributed by atoms with Crippen molar-refractivity contribution in [1.29, 1.82) is 0 Å². The number of aliphatic hydroxyl groups is 2. The maximum atomic E-state index is 12.5. The second-order valence-corrected chi connectivity index (χ2v) is 14.5. The number of nitrogen functional groups attached to an aromatic ring is 1. The van der Waals surface area contributed by atoms with Gasteiger partial charge in [0.05, 0.1) is 55.5 Å². The maximum Gasteiger partial charge on any atom is 0.328 e. The number of hydrogen-bond donors (Lipinski definition) is 9. The summed E-state index contributed by atoms with van der Waals surface area (Å²) in [5.74, 6) is 2.07. The summed E-state index contributed by atoms with van der Waals surface area (Å²) < 4.78 is 0. The van der Waals surface area contributed by atoms with E-state index in [1.54, 1.807) is 26.0 Å². The molecule has 4 aromatic rings. The van der Waals surface area contributed by atoms with Crippen molar-refractivity contribution in [2.45, 2.75) is 52.0 Å². The van der Waals surface area contributed by atoms with Crippen LogP contribution in [-0.4, -0.2) is 63.3 Å². The summed E-state index contributed by atoms with van der Waals surface area (Å²) in [6.07, 6.45) is -2.16. The smallest absolute Gasteiger partial charge is 0.328 e. The van der Waals surface area contributed by atoms with Crippen LogP contribution in [0.4, 0.5) is 22.7 Å². The van der Waals surface area contributed by atoms with Gasteiger partial charge < -0.3 is 26.0 Å². The fourth-order valence-electron chi connectivity index (χ4n) is 4.58. The first-order valence-corrected chi connectivity index (χ1v) is 18.9. The number of anilines is 2. The number of hydrazine groups is 2. The Labute approximate surface area is 369 Å². The van der Waals surface area contributed by atoms with E-state index >= 15 is 0 Å². The molecule has 0 saturated heterocycles. The number of benzene rings is 4. The highest BCUT2D eigenvalue weighted by Gasteiger charge is 2.26. The van der Waals surface area contributed by atoms with E-state index in [4.69, 9.17) is 93.7 Å². The fourth-order valence-corrected chi connectivity index (χ4v) is 5.59. The van der Waals surface area contributed by atoms with Crippen molar-refractivity contribution in [2.75, 3.05) is 10.6 Å². The van der Waals surface area contributed by atoms with Gasteiger partial charge in [0.1, 0.15) is 6.04 Å². The molecule has 0 heterocycles. The Kier molecular flexibility index (Phi) is 20.0. The number of carbonyl (C=O) groups excluding carboxylic acids is 3. The van der Waals surface area contributed by atoms with Crippen LogP contribution in [0.15, 0.2) is 60.7 Å². The predicted molar refractivity (Wildman–Crippen MR) is 231 cm³/mol. The Hall–Kier alpha value is -5.04. The second-order valence-electron chi connectivity index (χ2n) is 12.1. The van der Waals surface area contributed by atoms with Gasteiger partial charge >= 0.3 is 5.97 Å². The van der Waals surface area contributed by atoms with Gasteiger partial charge in [0, 0.05) is 22.5 Å². The zero-order valence-corrected chi connectivity index (χ0v) is 35.8. The summed E-state index contributed by atoms with van der Waals surface area (Å²) >= 11 is 35.1. The molecule has 3 amide bonds. The lowest BCUT2D eigenvalue weighted by molar-refractivity contribution is -0.140. The SMILES string of the molecule is NNC(=O)c1ccc(Cl)c(Cl)c1.[C-]#[N+]c1ccc(N[C@@H](C(=O)NNC(=O)c2ccc(Cl)c(Cl)c2)[C@H](C)O)c(C)c1Cl.[C-]#[N+]c1ccc(N[C@@H](C(=O)O)[C@H](C)O)c(C)c1Cl. The quantitative estimate of drug-likeness (QED) is 0.0321. The minimum atomic E-state index is -1.16. The number of rotatable bonds is 10. The molecule has 0 fully saturated rings. The monoisotopic (exact) mass is 926 g/mol. The molecule has 10 N–H and O–H groups in total. The molecule has 0 bridgehead atoms. The Balaban J connectivity index is 0.000000339. The van der Waals surface area contributed by atoms with Gasteiger partial charge in [0.25, 0.3) is 17.7 Å². The molecule has 0 aromatic heterocycles. The molecular formula is C38H36Cl6N8O7. The number of nitrogens with two attached hydrogens (primary N) is 1. The molecule has 59 heavy (non-hydrogen) atoms. The van der Waals surface area contributed by atoms with Gasteiger partial charge in [-0.05, 0) is 87.4 Å². The van der Waals surface area contributed by atoms with Gasteiger partial charge in [-0.2, -0.15) is 0 Å². The second kappa shape index (κ2) is 23.5. The summed E-state index contributed by atoms with van der Waals surface area (Å²) in [7, 11) is 0. The van der Waals surface area contributed by atoms with E-state index in [-0.39, 0.29) is 26.3 Å². The lowest BCUT2D eigenvalue weighted by atomic mass is 10.1. The highest BCUT2D eigenvalue weighted by atomic mass is 35.5. The summed E-state index contributed by atoms with van der Waals surface area (Å²) in [4.78, 5) is 53.1. The van der Waals surface area contributed by atoms with Gasteiger partial charge in [-0.25, -0.2) is 20.3 Å². The van der Waals surface area contributed by atoms with Crippen LogP contribution in [0.3, 0.4) is 0 Å². The molecule has 15 nitrogen and oxygen atoms in total. The molecule has 0 aliphatic rings. The summed E-state index contributed by atoms with van der Waals surface area (Å²) in [5.41, 5.74) is 9.75. The predicted octanol–water partition coefficient (Wildman–Crippen LogP) is 8.17. The summed E-state index contributed by atoms with van der Waals surface area (Å²) in [5, 5.41) is 35.7. The number of aliphatic hydroxyl groups excluding tert-OH is 2. The molecule has 312 valence electrons. The van der Waals surface area contributed by atoms with Crippen molar-refractivity contribution in [3.05, 3.63) is 136 Å². The van der Waals surface area contributed by atoms with E-state index in [0.29, 0.717) is 48.8 Å². The lowest BCUT2D eigenvalue weighted by Crippen LogP contribution is -2.52. The van der Waals surface area contributed by atoms with Crippen LogP contribution in [0, 0.1) is 27.0 Å². The van der Waals surface area contributed by atoms with Crippen molar-refractivity contribution < 1.29 is 34.5 Å². The minimum absolute atomic E-state index is 0.193. The zero-order chi connectivity index (χ0) is 44.7. The lowest BCUT2D eigenvalue weighted by Gasteiger charge is -2.23. The van der Waals surface area contributed by atoms with E-state index in [2.05, 4.69) is 31.2 Å². The molecule has 4 atom stereocenters. The molecule has 0 aliphatic heterocycles. The number of aliphatic carboxylic acids is 1. The molecule has 21 heteroatoms. The summed E-state index contributed by atoms with van der Waals surface area (Å²) in [6, 6.07) is 12.7. The molecule has 0 unspecified atom stereocenters. The number of hydrogen-bond acceptors (Lipinski definition) is 9. The standard InChI is InChI=1S/C19H17Cl3N4O3.C12H13ClN2O3.C7H6Cl2N2O/c1-9-14(6-7-15(23-3)16(9)22)24-17(10(2)27)19(29)26-25-18(28)11-4-5-12(20)13(21)8-11;1-6-8(4-5-9(14-3)10(6)13)15-11(7(2)16)12(17)18;8-5-2-1-4(3-6(5)9)7(12)11-10/h4-8,10,17,24,27H,1-2H3,(H,25,28)(H,26,29);4-5,7,11,15-16H,1-2H3,(H,17,18);1-3H,10H2,(H,11,12)/t10-,17+;7-,11+;/m00./s1. The number of nitrogens with one attached hydrogen (secondary N) is 5. The van der Waals surface area contributed by atoms with Gasteiger partial charge in [0.15, 0.2) is 6.04 Å². The third kappa shape index (κ3) is 14.3. The van der Waals surface area contributed by atoms with Crippen molar-refractivity contribution in [1.82, 2.24) is 16.3 Å². The molecule has 4 rings (SSSR count). The number of carbonyl (C=O) groups is 4. The molecule has 0 radical (unpaired) electrons. The van der Waals surface area contributed by atoms with Crippen LogP contribution < -0.4 is 32.8 Å². The number of halogens is 6. The van der Waals surface area contributed by atoms with Gasteiger partial charge in [-0.1, -0.05) is 81.7 Å². The number of amides is 3. The fraction of sp³-hybridized carbons (Fsp3) is 0.211. The van der Waals surface area contributed by atoms with Gasteiger partial charge in [-0.3, -0.25) is 30.7 Å². The number of carboxylic acids is 1. The zero-order valence-electron chi connectivity index (χ0n) is 31.3. The molecular weight excluding hydrogens is 893 g/mol. The largest absolute Gasteiger partial charge is 0.480 e. The van der Waals surface area contributed by atoms with Crippen LogP contribution in [0.5, 0.6) is 0 Å². The third-order valence-electron chi connectivity index (χ3n) is 7.90. The molecule has 0 saturated carbocycles. The topological polar surface area (TPSA) is 224 Å². The van der Waals surface area contributed by atoms with Crippen molar-refractivity contribution in [2.24, 2.45) is 5.84 Å². The van der Waals surface area contributed by atoms with Crippen LogP contribution in [0.25, 0.3) is 9.69 Å². The van der Waals surface area contributed by atoms with E-state index in [9.17, 15) is 29.4 Å². The van der Waals surface area contributed by atoms with Crippen molar-refractivity contribution in [3.63, 3.8) is 0 Å². The Morgan fingerprint density at radius 3 is 1.39 bits per heavy atom. The van der Waals surface area contributed by atoms with Crippen molar-refractivity contribution in [3.8, 4) is 0 Å². The first-order chi connectivity index (χ1) is 27.7. The van der Waals surface area contributed by atoms with Gasteiger partial charge in [0.2, 0.25) is 11.4 Å². The van der Waals surface area contributed by atoms with E-state index in [1.807, 2.05) is 5.43 Å². The van der Waals surface area contributed by atoms with Gasteiger partial charge in [-0.15, -0.1) is 0 Å². The molecule has 4 aromatic carbocycles. The number of carboxylic acid groups (broad SMARTS) is 1. The molecule has 0 aliphatic carbocycles. The van der Waals surface area contributed by atoms with Crippen LogP contribution in [0.1, 0.15) is 45.7 Å². The van der Waals surface area contributed by atoms with Crippen molar-refractivity contribution >= 4 is 116 Å². The van der Waals surface area contributed by atoms with Crippen LogP contribution in [0.2, 0.25) is 30.1 Å².